The molecule has 0 spiro atoms. The highest BCUT2D eigenvalue weighted by Gasteiger charge is 2.31. The Morgan fingerprint density at radius 2 is 2.24 bits per heavy atom. The third-order valence-corrected chi connectivity index (χ3v) is 4.72. The fraction of sp³-hybridized carbons (Fsp3) is 0.769. The van der Waals surface area contributed by atoms with Gasteiger partial charge in [-0.25, -0.2) is 4.98 Å². The van der Waals surface area contributed by atoms with Gasteiger partial charge in [0, 0.05) is 24.0 Å². The van der Waals surface area contributed by atoms with Gasteiger partial charge in [-0.15, -0.1) is 11.3 Å². The van der Waals surface area contributed by atoms with Gasteiger partial charge in [0.05, 0.1) is 10.7 Å². The molecule has 0 aromatic carbocycles. The van der Waals surface area contributed by atoms with E-state index in [4.69, 9.17) is 0 Å². The molecule has 2 heterocycles. The Balaban J connectivity index is 1.95. The van der Waals surface area contributed by atoms with Gasteiger partial charge in [0.25, 0.3) is 0 Å². The highest BCUT2D eigenvalue weighted by Crippen LogP contribution is 2.26. The van der Waals surface area contributed by atoms with Crippen molar-refractivity contribution in [2.24, 2.45) is 5.41 Å². The summed E-state index contributed by atoms with van der Waals surface area (Å²) in [5.74, 6) is 0. The van der Waals surface area contributed by atoms with E-state index in [0.717, 1.165) is 19.6 Å². The molecule has 0 radical (unpaired) electrons. The Labute approximate surface area is 108 Å². The molecule has 1 atom stereocenters. The van der Waals surface area contributed by atoms with E-state index in [0.29, 0.717) is 11.5 Å². The topological polar surface area (TPSA) is 37.0 Å². The fourth-order valence-corrected chi connectivity index (χ4v) is 3.39. The normalized spacial score (nSPS) is 23.9. The van der Waals surface area contributed by atoms with E-state index in [-0.39, 0.29) is 0 Å². The van der Waals surface area contributed by atoms with Crippen LogP contribution in [0.3, 0.4) is 0 Å². The van der Waals surface area contributed by atoms with Crippen molar-refractivity contribution in [1.82, 2.24) is 15.6 Å². The van der Waals surface area contributed by atoms with Gasteiger partial charge >= 0.3 is 0 Å². The van der Waals surface area contributed by atoms with E-state index in [9.17, 15) is 0 Å². The molecule has 2 N–H and O–H groups in total. The lowest BCUT2D eigenvalue weighted by atomic mass is 9.80. The summed E-state index contributed by atoms with van der Waals surface area (Å²) in [4.78, 5) is 5.86. The van der Waals surface area contributed by atoms with E-state index in [1.807, 2.05) is 11.3 Å². The molecule has 1 aliphatic heterocycles. The maximum atomic E-state index is 4.48. The Morgan fingerprint density at radius 1 is 1.47 bits per heavy atom. The summed E-state index contributed by atoms with van der Waals surface area (Å²) in [6.45, 7) is 12.0. The van der Waals surface area contributed by atoms with Gasteiger partial charge in [-0.2, -0.15) is 0 Å². The molecule has 3 nitrogen and oxygen atoms in total. The van der Waals surface area contributed by atoms with Gasteiger partial charge in [-0.3, -0.25) is 0 Å². The number of hydrogen-bond acceptors (Lipinski definition) is 4. The average Bonchev–Trinajstić information content (AvgIpc) is 2.55. The first-order valence-corrected chi connectivity index (χ1v) is 7.18. The highest BCUT2D eigenvalue weighted by molar-refractivity contribution is 7.11. The summed E-state index contributed by atoms with van der Waals surface area (Å²) in [6.07, 6.45) is 1.21. The predicted molar refractivity (Wildman–Crippen MR) is 73.5 cm³/mol. The molecule has 1 aromatic rings. The van der Waals surface area contributed by atoms with Crippen molar-refractivity contribution in [3.8, 4) is 0 Å². The smallest absolute Gasteiger partial charge is 0.0900 e. The second-order valence-corrected chi connectivity index (χ2v) is 6.92. The van der Waals surface area contributed by atoms with E-state index in [1.165, 1.54) is 22.0 Å². The maximum Gasteiger partial charge on any atom is 0.0900 e. The van der Waals surface area contributed by atoms with Crippen LogP contribution in [0, 0.1) is 19.3 Å². The van der Waals surface area contributed by atoms with Crippen LogP contribution in [0.4, 0.5) is 0 Å². The van der Waals surface area contributed by atoms with Gasteiger partial charge in [0.2, 0.25) is 0 Å². The number of rotatable bonds is 3. The first-order valence-electron chi connectivity index (χ1n) is 6.36. The first-order chi connectivity index (χ1) is 7.99. The molecular weight excluding hydrogens is 230 g/mol. The molecule has 2 rings (SSSR count). The molecule has 1 saturated heterocycles. The summed E-state index contributed by atoms with van der Waals surface area (Å²) in [5, 5.41) is 8.35. The zero-order valence-corrected chi connectivity index (χ0v) is 12.1. The first kappa shape index (κ1) is 13.0. The SMILES string of the molecule is Cc1nc(C)c(CNC2CCNCC2(C)C)s1. The Kier molecular flexibility index (Phi) is 3.85. The predicted octanol–water partition coefficient (Wildman–Crippen LogP) is 2.24. The third-order valence-electron chi connectivity index (χ3n) is 3.64. The van der Waals surface area contributed by atoms with Crippen LogP contribution in [0.2, 0.25) is 0 Å². The average molecular weight is 253 g/mol. The van der Waals surface area contributed by atoms with Crippen LogP contribution in [0.15, 0.2) is 0 Å². The minimum Gasteiger partial charge on any atom is -0.316 e. The van der Waals surface area contributed by atoms with Crippen LogP contribution < -0.4 is 10.6 Å². The van der Waals surface area contributed by atoms with Crippen molar-refractivity contribution < 1.29 is 0 Å². The molecule has 1 unspecified atom stereocenters. The van der Waals surface area contributed by atoms with Crippen molar-refractivity contribution in [1.29, 1.82) is 0 Å². The van der Waals surface area contributed by atoms with Crippen LogP contribution in [0.5, 0.6) is 0 Å². The summed E-state index contributed by atoms with van der Waals surface area (Å²) in [6, 6.07) is 0.602. The summed E-state index contributed by atoms with van der Waals surface area (Å²) in [7, 11) is 0. The molecule has 17 heavy (non-hydrogen) atoms. The van der Waals surface area contributed by atoms with Crippen LogP contribution in [0.25, 0.3) is 0 Å². The van der Waals surface area contributed by atoms with Gasteiger partial charge in [-0.1, -0.05) is 13.8 Å². The van der Waals surface area contributed by atoms with Gasteiger partial charge in [0.15, 0.2) is 0 Å². The lowest BCUT2D eigenvalue weighted by Gasteiger charge is -2.39. The minimum absolute atomic E-state index is 0.339. The second kappa shape index (κ2) is 5.04. The monoisotopic (exact) mass is 253 g/mol. The van der Waals surface area contributed by atoms with Crippen molar-refractivity contribution in [2.75, 3.05) is 13.1 Å². The number of hydrogen-bond donors (Lipinski definition) is 2. The van der Waals surface area contributed by atoms with Crippen molar-refractivity contribution in [3.05, 3.63) is 15.6 Å². The Hall–Kier alpha value is -0.450. The van der Waals surface area contributed by atoms with E-state index in [1.54, 1.807) is 0 Å². The van der Waals surface area contributed by atoms with Gasteiger partial charge < -0.3 is 10.6 Å². The molecule has 0 aliphatic carbocycles. The summed E-state index contributed by atoms with van der Waals surface area (Å²) in [5.41, 5.74) is 1.53. The quantitative estimate of drug-likeness (QED) is 0.867. The number of piperidine rings is 1. The molecule has 96 valence electrons. The molecule has 1 aromatic heterocycles. The number of thiazole rings is 1. The number of nitrogens with zero attached hydrogens (tertiary/aromatic N) is 1. The summed E-state index contributed by atoms with van der Waals surface area (Å²) >= 11 is 1.81. The van der Waals surface area contributed by atoms with Crippen LogP contribution in [-0.4, -0.2) is 24.1 Å². The molecule has 0 saturated carbocycles. The van der Waals surface area contributed by atoms with Crippen molar-refractivity contribution in [2.45, 2.75) is 46.7 Å². The largest absolute Gasteiger partial charge is 0.316 e. The molecule has 4 heteroatoms. The van der Waals surface area contributed by atoms with Crippen molar-refractivity contribution in [3.63, 3.8) is 0 Å². The van der Waals surface area contributed by atoms with E-state index < -0.39 is 0 Å². The summed E-state index contributed by atoms with van der Waals surface area (Å²) < 4.78 is 0. The van der Waals surface area contributed by atoms with E-state index in [2.05, 4.69) is 43.3 Å². The van der Waals surface area contributed by atoms with E-state index >= 15 is 0 Å². The molecule has 1 fully saturated rings. The highest BCUT2D eigenvalue weighted by atomic mass is 32.1. The van der Waals surface area contributed by atoms with Crippen LogP contribution in [-0.2, 0) is 6.54 Å². The van der Waals surface area contributed by atoms with Crippen LogP contribution >= 0.6 is 11.3 Å². The Morgan fingerprint density at radius 3 is 2.82 bits per heavy atom. The molecular formula is C13H23N3S. The number of aryl methyl sites for hydroxylation is 2. The molecule has 1 aliphatic rings. The second-order valence-electron chi connectivity index (χ2n) is 5.63. The van der Waals surface area contributed by atoms with Gasteiger partial charge in [0.1, 0.15) is 0 Å². The fourth-order valence-electron chi connectivity index (χ4n) is 2.50. The lowest BCUT2D eigenvalue weighted by Crippen LogP contribution is -2.52. The zero-order valence-electron chi connectivity index (χ0n) is 11.3. The van der Waals surface area contributed by atoms with Crippen LogP contribution in [0.1, 0.15) is 35.8 Å². The standard InChI is InChI=1S/C13H23N3S/c1-9-11(17-10(2)16-9)7-15-12-5-6-14-8-13(12,3)4/h12,14-15H,5-8H2,1-4H3. The lowest BCUT2D eigenvalue weighted by molar-refractivity contribution is 0.184. The van der Waals surface area contributed by atoms with Gasteiger partial charge in [-0.05, 0) is 32.2 Å². The van der Waals surface area contributed by atoms with Crippen molar-refractivity contribution >= 4 is 11.3 Å². The number of nitrogens with one attached hydrogen (secondary N) is 2. The molecule has 0 bridgehead atoms. The maximum absolute atomic E-state index is 4.48. The minimum atomic E-state index is 0.339. The zero-order chi connectivity index (χ0) is 12.5. The molecule has 0 amide bonds. The third kappa shape index (κ3) is 3.06. The Bertz CT molecular complexity index is 384. The number of aromatic nitrogens is 1.